The molecule has 5 nitrogen and oxygen atoms in total. The van der Waals surface area contributed by atoms with Crippen LogP contribution in [0.5, 0.6) is 0 Å². The van der Waals surface area contributed by atoms with Gasteiger partial charge in [0.2, 0.25) is 0 Å². The first-order chi connectivity index (χ1) is 11.1. The highest BCUT2D eigenvalue weighted by molar-refractivity contribution is 5.76. The molecular formula is C18H23N4O. The Morgan fingerprint density at radius 1 is 1.35 bits per heavy atom. The van der Waals surface area contributed by atoms with Crippen LogP contribution in [0.2, 0.25) is 0 Å². The molecule has 0 spiro atoms. The smallest absolute Gasteiger partial charge is 0.138 e. The number of hydrogen-bond donors (Lipinski definition) is 0. The van der Waals surface area contributed by atoms with Gasteiger partial charge in [0, 0.05) is 62.8 Å². The monoisotopic (exact) mass is 311 g/mol. The molecule has 1 fully saturated rings. The van der Waals surface area contributed by atoms with Crippen molar-refractivity contribution in [2.45, 2.75) is 32.5 Å². The molecule has 1 aliphatic heterocycles. The quantitative estimate of drug-likeness (QED) is 0.849. The van der Waals surface area contributed by atoms with Crippen molar-refractivity contribution in [3.8, 4) is 11.1 Å². The zero-order valence-corrected chi connectivity index (χ0v) is 14.2. The van der Waals surface area contributed by atoms with Gasteiger partial charge < -0.3 is 14.5 Å². The number of methoxy groups -OCH3 is 1. The third-order valence-corrected chi connectivity index (χ3v) is 4.43. The molecule has 0 aliphatic carbocycles. The Morgan fingerprint density at radius 3 is 2.74 bits per heavy atom. The molecule has 0 N–H and O–H groups in total. The minimum atomic E-state index is 0.114. The lowest BCUT2D eigenvalue weighted by atomic mass is 10.1. The summed E-state index contributed by atoms with van der Waals surface area (Å²) in [7, 11) is 3.79. The van der Waals surface area contributed by atoms with E-state index in [1.807, 2.05) is 12.3 Å². The molecule has 1 radical (unpaired) electrons. The van der Waals surface area contributed by atoms with Crippen molar-refractivity contribution < 1.29 is 4.74 Å². The van der Waals surface area contributed by atoms with Crippen LogP contribution in [0.4, 0.5) is 11.6 Å². The second-order valence-corrected chi connectivity index (χ2v) is 6.09. The lowest BCUT2D eigenvalue weighted by Crippen LogP contribution is -2.49. The molecule has 1 saturated heterocycles. The summed E-state index contributed by atoms with van der Waals surface area (Å²) in [5.74, 6) is 1.91. The topological polar surface area (TPSA) is 41.5 Å². The lowest BCUT2D eigenvalue weighted by molar-refractivity contribution is 0.0552. The predicted molar refractivity (Wildman–Crippen MR) is 92.6 cm³/mol. The maximum absolute atomic E-state index is 5.47. The van der Waals surface area contributed by atoms with Crippen LogP contribution in [0.25, 0.3) is 11.1 Å². The molecule has 2 aromatic rings. The minimum absolute atomic E-state index is 0.114. The van der Waals surface area contributed by atoms with Crippen molar-refractivity contribution >= 4 is 11.6 Å². The van der Waals surface area contributed by atoms with Gasteiger partial charge in [0.1, 0.15) is 17.9 Å². The molecule has 1 unspecified atom stereocenters. The fourth-order valence-corrected chi connectivity index (χ4v) is 2.66. The van der Waals surface area contributed by atoms with Crippen molar-refractivity contribution in [1.29, 1.82) is 0 Å². The Kier molecular flexibility index (Phi) is 4.48. The first-order valence-electron chi connectivity index (χ1n) is 7.96. The number of pyridine rings is 2. The highest BCUT2D eigenvalue weighted by atomic mass is 16.5. The molecule has 5 heteroatoms. The van der Waals surface area contributed by atoms with E-state index in [2.05, 4.69) is 58.9 Å². The molecule has 1 aliphatic rings. The Balaban J connectivity index is 1.90. The molecular weight excluding hydrogens is 288 g/mol. The standard InChI is InChI=1S/C18H23N4O/c1-13(2)21(3)16-8-7-14(12-20-16)15-6-5-10-19-18(15)22-11-9-17(22)23-4/h6-8,10,12-13,17H,9,11H2,1-4H3. The van der Waals surface area contributed by atoms with Crippen molar-refractivity contribution in [2.75, 3.05) is 30.5 Å². The fraction of sp³-hybridized carbons (Fsp3) is 0.444. The van der Waals surface area contributed by atoms with Gasteiger partial charge in [0.05, 0.1) is 0 Å². The zero-order chi connectivity index (χ0) is 16.4. The average Bonchev–Trinajstić information content (AvgIpc) is 2.54. The van der Waals surface area contributed by atoms with E-state index in [-0.39, 0.29) is 6.23 Å². The third-order valence-electron chi connectivity index (χ3n) is 4.43. The molecule has 1 atom stereocenters. The molecule has 3 rings (SSSR count). The van der Waals surface area contributed by atoms with Crippen LogP contribution in [0.1, 0.15) is 20.3 Å². The SMILES string of the molecule is COC1CCN1c1nc[c]cc1-c1ccc(N(C)C(C)C)nc1. The van der Waals surface area contributed by atoms with Gasteiger partial charge in [-0.25, -0.2) is 9.97 Å². The highest BCUT2D eigenvalue weighted by Crippen LogP contribution is 2.34. The Labute approximate surface area is 137 Å². The van der Waals surface area contributed by atoms with Crippen molar-refractivity contribution in [1.82, 2.24) is 9.97 Å². The maximum Gasteiger partial charge on any atom is 0.138 e. The number of nitrogens with zero attached hydrogens (tertiary/aromatic N) is 4. The van der Waals surface area contributed by atoms with Crippen LogP contribution in [0.3, 0.4) is 0 Å². The average molecular weight is 311 g/mol. The van der Waals surface area contributed by atoms with Gasteiger partial charge in [-0.1, -0.05) is 0 Å². The van der Waals surface area contributed by atoms with Crippen LogP contribution < -0.4 is 9.80 Å². The normalized spacial score (nSPS) is 17.3. The van der Waals surface area contributed by atoms with Gasteiger partial charge in [0.15, 0.2) is 0 Å². The van der Waals surface area contributed by atoms with E-state index in [9.17, 15) is 0 Å². The van der Waals surface area contributed by atoms with Gasteiger partial charge in [-0.15, -0.1) is 0 Å². The van der Waals surface area contributed by atoms with Crippen molar-refractivity contribution in [3.05, 3.63) is 36.7 Å². The fourth-order valence-electron chi connectivity index (χ4n) is 2.66. The Morgan fingerprint density at radius 2 is 2.17 bits per heavy atom. The van der Waals surface area contributed by atoms with Gasteiger partial charge in [-0.2, -0.15) is 0 Å². The summed E-state index contributed by atoms with van der Waals surface area (Å²) in [4.78, 5) is 13.4. The first-order valence-corrected chi connectivity index (χ1v) is 7.96. The van der Waals surface area contributed by atoms with E-state index in [4.69, 9.17) is 4.74 Å². The van der Waals surface area contributed by atoms with Crippen LogP contribution >= 0.6 is 0 Å². The molecule has 0 aromatic carbocycles. The van der Waals surface area contributed by atoms with E-state index in [1.165, 1.54) is 0 Å². The van der Waals surface area contributed by atoms with Gasteiger partial charge in [0.25, 0.3) is 0 Å². The van der Waals surface area contributed by atoms with Crippen LogP contribution in [-0.4, -0.2) is 42.9 Å². The Hall–Kier alpha value is -2.14. The van der Waals surface area contributed by atoms with E-state index in [1.54, 1.807) is 13.3 Å². The largest absolute Gasteiger partial charge is 0.362 e. The summed E-state index contributed by atoms with van der Waals surface area (Å²) < 4.78 is 5.47. The molecule has 3 heterocycles. The number of ether oxygens (including phenoxy) is 1. The summed E-state index contributed by atoms with van der Waals surface area (Å²) in [6.07, 6.45) is 4.76. The molecule has 121 valence electrons. The predicted octanol–water partition coefficient (Wildman–Crippen LogP) is 2.97. The zero-order valence-electron chi connectivity index (χ0n) is 14.2. The van der Waals surface area contributed by atoms with Crippen molar-refractivity contribution in [2.24, 2.45) is 0 Å². The third kappa shape index (κ3) is 3.01. The molecule has 0 saturated carbocycles. The second kappa shape index (κ2) is 6.54. The molecule has 2 aromatic heterocycles. The summed E-state index contributed by atoms with van der Waals surface area (Å²) >= 11 is 0. The summed E-state index contributed by atoms with van der Waals surface area (Å²) in [6.45, 7) is 5.27. The van der Waals surface area contributed by atoms with Gasteiger partial charge in [-0.3, -0.25) is 0 Å². The maximum atomic E-state index is 5.47. The second-order valence-electron chi connectivity index (χ2n) is 6.09. The number of aromatic nitrogens is 2. The van der Waals surface area contributed by atoms with Crippen LogP contribution in [0, 0.1) is 6.07 Å². The number of hydrogen-bond acceptors (Lipinski definition) is 5. The van der Waals surface area contributed by atoms with Gasteiger partial charge in [-0.05, 0) is 32.0 Å². The number of anilines is 2. The van der Waals surface area contributed by atoms with Crippen LogP contribution in [0.15, 0.2) is 30.6 Å². The number of rotatable bonds is 5. The summed E-state index contributed by atoms with van der Waals surface area (Å²) in [6, 6.07) is 9.60. The summed E-state index contributed by atoms with van der Waals surface area (Å²) in [5, 5.41) is 0. The van der Waals surface area contributed by atoms with E-state index in [0.717, 1.165) is 35.7 Å². The lowest BCUT2D eigenvalue weighted by Gasteiger charge is -2.41. The molecule has 0 amide bonds. The molecule has 23 heavy (non-hydrogen) atoms. The van der Waals surface area contributed by atoms with E-state index < -0.39 is 0 Å². The van der Waals surface area contributed by atoms with E-state index in [0.29, 0.717) is 6.04 Å². The minimum Gasteiger partial charge on any atom is -0.362 e. The molecule has 0 bridgehead atoms. The Bertz CT molecular complexity index is 654. The van der Waals surface area contributed by atoms with Crippen molar-refractivity contribution in [3.63, 3.8) is 0 Å². The summed E-state index contributed by atoms with van der Waals surface area (Å²) in [5.41, 5.74) is 2.09. The highest BCUT2D eigenvalue weighted by Gasteiger charge is 2.30. The van der Waals surface area contributed by atoms with Crippen LogP contribution in [-0.2, 0) is 4.74 Å². The van der Waals surface area contributed by atoms with Gasteiger partial charge >= 0.3 is 0 Å². The van der Waals surface area contributed by atoms with E-state index >= 15 is 0 Å². The first kappa shape index (κ1) is 15.7.